The van der Waals surface area contributed by atoms with Crippen molar-refractivity contribution in [2.75, 3.05) is 6.54 Å². The van der Waals surface area contributed by atoms with Crippen molar-refractivity contribution in [3.63, 3.8) is 0 Å². The van der Waals surface area contributed by atoms with Crippen LogP contribution < -0.4 is 0 Å². The van der Waals surface area contributed by atoms with Gasteiger partial charge < -0.3 is 14.2 Å². The molecule has 0 aromatic carbocycles. The maximum absolute atomic E-state index is 11.9. The second kappa shape index (κ2) is 6.70. The maximum atomic E-state index is 11.9. The number of carbonyl (C=O) groups excluding carboxylic acids is 1. The van der Waals surface area contributed by atoms with Gasteiger partial charge in [-0.3, -0.25) is 14.9 Å². The summed E-state index contributed by atoms with van der Waals surface area (Å²) in [6.45, 7) is 8.75. The molecule has 0 N–H and O–H groups in total. The predicted molar refractivity (Wildman–Crippen MR) is 75.4 cm³/mol. The Balaban J connectivity index is 2.57. The van der Waals surface area contributed by atoms with Gasteiger partial charge in [-0.1, -0.05) is 0 Å². The third kappa shape index (κ3) is 7.38. The first kappa shape index (κ1) is 17.8. The highest BCUT2D eigenvalue weighted by Gasteiger charge is 2.37. The number of nitrogens with zero attached hydrogens (tertiary/aromatic N) is 1. The van der Waals surface area contributed by atoms with Crippen LogP contribution >= 0.6 is 0 Å². The number of hydrogen-bond donors (Lipinski definition) is 0. The number of hydrogen-bond acceptors (Lipinski definition) is 6. The number of rotatable bonds is 5. The standard InChI is InChI=1S/C14H25NO6/c1-13(2,3)21-12(16)9-11-8-10(6-7-15(17)18)19-14(4,5)20-11/h10-11H,6-9H2,1-5H3/t10-,11-/m1/s1. The minimum atomic E-state index is -0.855. The number of ether oxygens (including phenoxy) is 3. The summed E-state index contributed by atoms with van der Waals surface area (Å²) in [5, 5.41) is 10.5. The first-order valence-corrected chi connectivity index (χ1v) is 7.16. The third-order valence-electron chi connectivity index (χ3n) is 2.87. The molecule has 1 fully saturated rings. The molecule has 122 valence electrons. The molecule has 7 nitrogen and oxygen atoms in total. The molecule has 0 aromatic heterocycles. The molecule has 0 amide bonds. The molecule has 0 spiro atoms. The molecule has 1 rings (SSSR count). The van der Waals surface area contributed by atoms with Gasteiger partial charge in [0.2, 0.25) is 6.54 Å². The zero-order valence-corrected chi connectivity index (χ0v) is 13.4. The molecule has 0 radical (unpaired) electrons. The Hall–Kier alpha value is -1.21. The van der Waals surface area contributed by atoms with Crippen molar-refractivity contribution in [1.29, 1.82) is 0 Å². The van der Waals surface area contributed by atoms with Crippen molar-refractivity contribution in [2.45, 2.75) is 77.5 Å². The number of carbonyl (C=O) groups is 1. The van der Waals surface area contributed by atoms with E-state index in [-0.39, 0.29) is 36.1 Å². The molecule has 1 saturated heterocycles. The van der Waals surface area contributed by atoms with Gasteiger partial charge in [0.05, 0.1) is 18.6 Å². The summed E-state index contributed by atoms with van der Waals surface area (Å²) in [6.07, 6.45) is 0.257. The molecule has 2 atom stereocenters. The van der Waals surface area contributed by atoms with E-state index in [2.05, 4.69) is 0 Å². The topological polar surface area (TPSA) is 87.9 Å². The Morgan fingerprint density at radius 1 is 1.33 bits per heavy atom. The quantitative estimate of drug-likeness (QED) is 0.440. The molecule has 21 heavy (non-hydrogen) atoms. The summed E-state index contributed by atoms with van der Waals surface area (Å²) >= 11 is 0. The molecule has 1 heterocycles. The Morgan fingerprint density at radius 3 is 2.43 bits per heavy atom. The van der Waals surface area contributed by atoms with E-state index in [0.29, 0.717) is 12.8 Å². The van der Waals surface area contributed by atoms with Crippen LogP contribution in [0.3, 0.4) is 0 Å². The van der Waals surface area contributed by atoms with Gasteiger partial charge in [-0.25, -0.2) is 0 Å². The van der Waals surface area contributed by atoms with Crippen LogP contribution in [0.1, 0.15) is 53.9 Å². The molecule has 0 aromatic rings. The summed E-state index contributed by atoms with van der Waals surface area (Å²) in [7, 11) is 0. The molecule has 0 unspecified atom stereocenters. The molecule has 1 aliphatic rings. The van der Waals surface area contributed by atoms with E-state index in [4.69, 9.17) is 14.2 Å². The molecular weight excluding hydrogens is 278 g/mol. The minimum Gasteiger partial charge on any atom is -0.460 e. The summed E-state index contributed by atoms with van der Waals surface area (Å²) in [4.78, 5) is 22.0. The highest BCUT2D eigenvalue weighted by molar-refractivity contribution is 5.70. The predicted octanol–water partition coefficient (Wildman–Crippen LogP) is 2.30. The summed E-state index contributed by atoms with van der Waals surface area (Å²) < 4.78 is 16.6. The van der Waals surface area contributed by atoms with Crippen molar-refractivity contribution in [3.05, 3.63) is 10.1 Å². The van der Waals surface area contributed by atoms with Crippen molar-refractivity contribution >= 4 is 5.97 Å². The van der Waals surface area contributed by atoms with Crippen LogP contribution in [0.25, 0.3) is 0 Å². The van der Waals surface area contributed by atoms with Crippen LogP contribution in [0.5, 0.6) is 0 Å². The maximum Gasteiger partial charge on any atom is 0.308 e. The van der Waals surface area contributed by atoms with Gasteiger partial charge in [0.1, 0.15) is 5.60 Å². The first-order valence-electron chi connectivity index (χ1n) is 7.16. The van der Waals surface area contributed by atoms with E-state index in [1.165, 1.54) is 0 Å². The number of esters is 1. The van der Waals surface area contributed by atoms with Gasteiger partial charge in [-0.15, -0.1) is 0 Å². The van der Waals surface area contributed by atoms with E-state index in [9.17, 15) is 14.9 Å². The molecule has 1 aliphatic heterocycles. The SMILES string of the molecule is CC(C)(C)OC(=O)C[C@H]1C[C@@H](CC[N+](=O)[O-])OC(C)(C)O1. The fraction of sp³-hybridized carbons (Fsp3) is 0.929. The van der Waals surface area contributed by atoms with Gasteiger partial charge in [0, 0.05) is 17.8 Å². The lowest BCUT2D eigenvalue weighted by Crippen LogP contribution is -2.46. The fourth-order valence-electron chi connectivity index (χ4n) is 2.34. The van der Waals surface area contributed by atoms with Crippen LogP contribution in [-0.4, -0.2) is 41.0 Å². The molecule has 0 saturated carbocycles. The largest absolute Gasteiger partial charge is 0.460 e. The van der Waals surface area contributed by atoms with Crippen molar-refractivity contribution in [3.8, 4) is 0 Å². The van der Waals surface area contributed by atoms with E-state index in [1.807, 2.05) is 0 Å². The fourth-order valence-corrected chi connectivity index (χ4v) is 2.34. The highest BCUT2D eigenvalue weighted by atomic mass is 16.7. The summed E-state index contributed by atoms with van der Waals surface area (Å²) in [6, 6.07) is 0. The lowest BCUT2D eigenvalue weighted by Gasteiger charge is -2.40. The van der Waals surface area contributed by atoms with Crippen molar-refractivity contribution in [1.82, 2.24) is 0 Å². The van der Waals surface area contributed by atoms with Crippen molar-refractivity contribution in [2.24, 2.45) is 0 Å². The summed E-state index contributed by atoms with van der Waals surface area (Å²) in [5.41, 5.74) is -0.539. The monoisotopic (exact) mass is 303 g/mol. The third-order valence-corrected chi connectivity index (χ3v) is 2.87. The van der Waals surface area contributed by atoms with Crippen LogP contribution in [0, 0.1) is 10.1 Å². The average molecular weight is 303 g/mol. The van der Waals surface area contributed by atoms with Gasteiger partial charge in [0.15, 0.2) is 5.79 Å². The van der Waals surface area contributed by atoms with Crippen LogP contribution in [0.15, 0.2) is 0 Å². The Labute approximate surface area is 125 Å². The van der Waals surface area contributed by atoms with E-state index in [0.717, 1.165) is 0 Å². The van der Waals surface area contributed by atoms with Crippen LogP contribution in [0.4, 0.5) is 0 Å². The average Bonchev–Trinajstić information content (AvgIpc) is 2.20. The lowest BCUT2D eigenvalue weighted by molar-refractivity contribution is -0.484. The summed E-state index contributed by atoms with van der Waals surface area (Å²) in [5.74, 6) is -1.19. The lowest BCUT2D eigenvalue weighted by atomic mass is 10.0. The van der Waals surface area contributed by atoms with E-state index >= 15 is 0 Å². The molecular formula is C14H25NO6. The Bertz CT molecular complexity index is 387. The van der Waals surface area contributed by atoms with Crippen molar-refractivity contribution < 1.29 is 23.9 Å². The zero-order chi connectivity index (χ0) is 16.3. The molecule has 0 bridgehead atoms. The molecule has 7 heteroatoms. The Morgan fingerprint density at radius 2 is 1.90 bits per heavy atom. The van der Waals surface area contributed by atoms with E-state index in [1.54, 1.807) is 34.6 Å². The second-order valence-electron chi connectivity index (χ2n) is 6.75. The normalized spacial score (nSPS) is 25.4. The van der Waals surface area contributed by atoms with Gasteiger partial charge in [0.25, 0.3) is 0 Å². The second-order valence-corrected chi connectivity index (χ2v) is 6.75. The van der Waals surface area contributed by atoms with Crippen LogP contribution in [-0.2, 0) is 19.0 Å². The number of nitro groups is 1. The van der Waals surface area contributed by atoms with E-state index < -0.39 is 11.4 Å². The first-order chi connectivity index (χ1) is 9.47. The molecule has 0 aliphatic carbocycles. The van der Waals surface area contributed by atoms with Gasteiger partial charge >= 0.3 is 5.97 Å². The smallest absolute Gasteiger partial charge is 0.308 e. The zero-order valence-electron chi connectivity index (χ0n) is 13.4. The van der Waals surface area contributed by atoms with Crippen LogP contribution in [0.2, 0.25) is 0 Å². The minimum absolute atomic E-state index is 0.124. The Kier molecular flexibility index (Phi) is 5.69. The highest BCUT2D eigenvalue weighted by Crippen LogP contribution is 2.30. The van der Waals surface area contributed by atoms with Gasteiger partial charge in [-0.2, -0.15) is 0 Å². The van der Waals surface area contributed by atoms with Gasteiger partial charge in [-0.05, 0) is 34.6 Å².